The average Bonchev–Trinajstić information content (AvgIpc) is 2.45. The summed E-state index contributed by atoms with van der Waals surface area (Å²) in [6.07, 6.45) is 1.92. The molecule has 0 spiro atoms. The van der Waals surface area contributed by atoms with E-state index in [4.69, 9.17) is 0 Å². The van der Waals surface area contributed by atoms with Crippen LogP contribution in [0.5, 0.6) is 0 Å². The van der Waals surface area contributed by atoms with Gasteiger partial charge in [-0.05, 0) is 28.2 Å². The second-order valence-corrected chi connectivity index (χ2v) is 5.91. The number of hydrogen-bond donors (Lipinski definition) is 0. The Labute approximate surface area is 121 Å². The largest absolute Gasteiger partial charge is 0.192 e. The number of rotatable bonds is 2. The molecule has 0 aliphatic heterocycles. The number of benzene rings is 2. The van der Waals surface area contributed by atoms with Crippen LogP contribution in [0.1, 0.15) is 37.5 Å². The van der Waals surface area contributed by atoms with Crippen LogP contribution in [0.4, 0.5) is 0 Å². The van der Waals surface area contributed by atoms with E-state index in [0.717, 1.165) is 11.1 Å². The van der Waals surface area contributed by atoms with Crippen molar-refractivity contribution in [2.45, 2.75) is 26.2 Å². The van der Waals surface area contributed by atoms with Crippen LogP contribution in [-0.2, 0) is 5.41 Å². The van der Waals surface area contributed by atoms with Gasteiger partial charge in [0.25, 0.3) is 0 Å². The highest BCUT2D eigenvalue weighted by molar-refractivity contribution is 5.89. The molecule has 0 aliphatic carbocycles. The second-order valence-electron chi connectivity index (χ2n) is 5.91. The first-order valence-corrected chi connectivity index (χ1v) is 6.78. The van der Waals surface area contributed by atoms with Crippen molar-refractivity contribution in [2.75, 3.05) is 0 Å². The summed E-state index contributed by atoms with van der Waals surface area (Å²) in [6, 6.07) is 20.5. The molecule has 2 aromatic rings. The van der Waals surface area contributed by atoms with Gasteiger partial charge in [-0.3, -0.25) is 0 Å². The summed E-state index contributed by atoms with van der Waals surface area (Å²) in [5.41, 5.74) is 4.11. The summed E-state index contributed by atoms with van der Waals surface area (Å²) in [5.74, 6) is 0. The van der Waals surface area contributed by atoms with Crippen LogP contribution in [0.15, 0.2) is 54.6 Å². The van der Waals surface area contributed by atoms with E-state index >= 15 is 0 Å². The van der Waals surface area contributed by atoms with E-state index in [-0.39, 0.29) is 5.41 Å². The lowest BCUT2D eigenvalue weighted by Crippen LogP contribution is -2.10. The van der Waals surface area contributed by atoms with Gasteiger partial charge >= 0.3 is 0 Å². The molecule has 0 fully saturated rings. The van der Waals surface area contributed by atoms with Gasteiger partial charge in [0.2, 0.25) is 0 Å². The standard InChI is InChI=1S/C19H19N/c1-19(2,3)18-11-9-16(10-12-18)17(14-20)13-15-7-5-4-6-8-15/h4-13H,1-3H3/b17-13+. The number of nitrogens with zero attached hydrogens (tertiary/aromatic N) is 1. The van der Waals surface area contributed by atoms with Crippen LogP contribution in [0.25, 0.3) is 11.6 Å². The Morgan fingerprint density at radius 1 is 0.950 bits per heavy atom. The Bertz CT molecular complexity index is 635. The summed E-state index contributed by atoms with van der Waals surface area (Å²) < 4.78 is 0. The number of allylic oxidation sites excluding steroid dienone is 1. The third-order valence-electron chi connectivity index (χ3n) is 3.29. The highest BCUT2D eigenvalue weighted by Crippen LogP contribution is 2.25. The maximum atomic E-state index is 9.35. The van der Waals surface area contributed by atoms with Gasteiger partial charge < -0.3 is 0 Å². The van der Waals surface area contributed by atoms with E-state index in [9.17, 15) is 5.26 Å². The molecule has 0 saturated carbocycles. The zero-order chi connectivity index (χ0) is 14.6. The Morgan fingerprint density at radius 3 is 2.05 bits per heavy atom. The zero-order valence-corrected chi connectivity index (χ0v) is 12.2. The Morgan fingerprint density at radius 2 is 1.55 bits per heavy atom. The van der Waals surface area contributed by atoms with E-state index in [2.05, 4.69) is 39.0 Å². The predicted octanol–water partition coefficient (Wildman–Crippen LogP) is 5.05. The van der Waals surface area contributed by atoms with Crippen LogP contribution < -0.4 is 0 Å². The maximum Gasteiger partial charge on any atom is 0.0998 e. The lowest BCUT2D eigenvalue weighted by molar-refractivity contribution is 0.590. The van der Waals surface area contributed by atoms with Gasteiger partial charge in [0.05, 0.1) is 11.6 Å². The third kappa shape index (κ3) is 3.36. The van der Waals surface area contributed by atoms with Crippen molar-refractivity contribution in [3.8, 4) is 6.07 Å². The summed E-state index contributed by atoms with van der Waals surface area (Å²) in [4.78, 5) is 0. The molecule has 2 aromatic carbocycles. The molecule has 100 valence electrons. The SMILES string of the molecule is CC(C)(C)c1ccc(/C(C#N)=C/c2ccccc2)cc1. The van der Waals surface area contributed by atoms with E-state index in [0.29, 0.717) is 5.57 Å². The van der Waals surface area contributed by atoms with E-state index in [1.807, 2.05) is 48.5 Å². The van der Waals surface area contributed by atoms with E-state index in [1.54, 1.807) is 0 Å². The topological polar surface area (TPSA) is 23.8 Å². The average molecular weight is 261 g/mol. The fraction of sp³-hybridized carbons (Fsp3) is 0.211. The molecule has 0 radical (unpaired) electrons. The van der Waals surface area contributed by atoms with Crippen molar-refractivity contribution in [1.82, 2.24) is 0 Å². The van der Waals surface area contributed by atoms with Gasteiger partial charge in [0, 0.05) is 0 Å². The van der Waals surface area contributed by atoms with Crippen LogP contribution in [0.2, 0.25) is 0 Å². The summed E-state index contributed by atoms with van der Waals surface area (Å²) in [7, 11) is 0. The first kappa shape index (κ1) is 14.1. The van der Waals surface area contributed by atoms with Crippen molar-refractivity contribution in [3.63, 3.8) is 0 Å². The fourth-order valence-corrected chi connectivity index (χ4v) is 2.05. The molecule has 0 unspecified atom stereocenters. The predicted molar refractivity (Wildman–Crippen MR) is 85.1 cm³/mol. The molecular formula is C19H19N. The Hall–Kier alpha value is -2.33. The molecule has 0 bridgehead atoms. The van der Waals surface area contributed by atoms with Crippen LogP contribution in [0, 0.1) is 11.3 Å². The van der Waals surface area contributed by atoms with E-state index < -0.39 is 0 Å². The summed E-state index contributed by atoms with van der Waals surface area (Å²) >= 11 is 0. The maximum absolute atomic E-state index is 9.35. The fourth-order valence-electron chi connectivity index (χ4n) is 2.05. The van der Waals surface area contributed by atoms with Gasteiger partial charge in [-0.2, -0.15) is 5.26 Å². The molecule has 0 N–H and O–H groups in total. The highest BCUT2D eigenvalue weighted by atomic mass is 14.3. The minimum Gasteiger partial charge on any atom is -0.192 e. The van der Waals surface area contributed by atoms with Crippen molar-refractivity contribution in [2.24, 2.45) is 0 Å². The highest BCUT2D eigenvalue weighted by Gasteiger charge is 2.13. The van der Waals surface area contributed by atoms with Crippen molar-refractivity contribution < 1.29 is 0 Å². The summed E-state index contributed by atoms with van der Waals surface area (Å²) in [5, 5.41) is 9.35. The van der Waals surface area contributed by atoms with Crippen molar-refractivity contribution in [1.29, 1.82) is 5.26 Å². The molecule has 0 amide bonds. The lowest BCUT2D eigenvalue weighted by Gasteiger charge is -2.19. The molecule has 1 heteroatoms. The molecule has 0 atom stereocenters. The molecule has 1 nitrogen and oxygen atoms in total. The normalized spacial score (nSPS) is 12.0. The molecule has 0 aromatic heterocycles. The number of nitriles is 1. The van der Waals surface area contributed by atoms with Gasteiger partial charge in [0.1, 0.15) is 0 Å². The zero-order valence-electron chi connectivity index (χ0n) is 12.2. The van der Waals surface area contributed by atoms with Crippen molar-refractivity contribution in [3.05, 3.63) is 71.3 Å². The summed E-state index contributed by atoms with van der Waals surface area (Å²) in [6.45, 7) is 6.56. The monoisotopic (exact) mass is 261 g/mol. The lowest BCUT2D eigenvalue weighted by atomic mass is 9.86. The van der Waals surface area contributed by atoms with E-state index in [1.165, 1.54) is 5.56 Å². The van der Waals surface area contributed by atoms with Crippen LogP contribution in [-0.4, -0.2) is 0 Å². The minimum atomic E-state index is 0.133. The molecule has 0 aliphatic rings. The molecule has 20 heavy (non-hydrogen) atoms. The molecule has 2 rings (SSSR count). The van der Waals surface area contributed by atoms with Crippen LogP contribution in [0.3, 0.4) is 0 Å². The van der Waals surface area contributed by atoms with Gasteiger partial charge in [-0.25, -0.2) is 0 Å². The van der Waals surface area contributed by atoms with Crippen molar-refractivity contribution >= 4 is 11.6 Å². The minimum absolute atomic E-state index is 0.133. The Balaban J connectivity index is 2.34. The Kier molecular flexibility index (Phi) is 4.05. The molecule has 0 heterocycles. The van der Waals surface area contributed by atoms with Gasteiger partial charge in [0.15, 0.2) is 0 Å². The van der Waals surface area contributed by atoms with Gasteiger partial charge in [-0.15, -0.1) is 0 Å². The first-order chi connectivity index (χ1) is 9.50. The quantitative estimate of drug-likeness (QED) is 0.548. The second kappa shape index (κ2) is 5.75. The first-order valence-electron chi connectivity index (χ1n) is 6.78. The smallest absolute Gasteiger partial charge is 0.0998 e. The third-order valence-corrected chi connectivity index (χ3v) is 3.29. The number of hydrogen-bond acceptors (Lipinski definition) is 1. The van der Waals surface area contributed by atoms with Gasteiger partial charge in [-0.1, -0.05) is 75.4 Å². The molecular weight excluding hydrogens is 242 g/mol. The molecule has 0 saturated heterocycles. The van der Waals surface area contributed by atoms with Crippen LogP contribution >= 0.6 is 0 Å².